The van der Waals surface area contributed by atoms with Crippen LogP contribution in [0.5, 0.6) is 0 Å². The molecule has 0 radical (unpaired) electrons. The Morgan fingerprint density at radius 1 is 0.938 bits per heavy atom. The van der Waals surface area contributed by atoms with E-state index in [1.165, 1.54) is 0 Å². The number of hydrogen-bond donors (Lipinski definition) is 1. The van der Waals surface area contributed by atoms with Gasteiger partial charge in [0, 0.05) is 13.2 Å². The Bertz CT molecular complexity index is 87.1. The van der Waals surface area contributed by atoms with Gasteiger partial charge in [0.15, 0.2) is 6.29 Å². The highest BCUT2D eigenvalue weighted by atomic mass is 79.9. The van der Waals surface area contributed by atoms with E-state index in [-0.39, 0.29) is 6.29 Å². The predicted octanol–water partition coefficient (Wildman–Crippen LogP) is 3.42. The Hall–Kier alpha value is 0.360. The molecule has 3 nitrogen and oxygen atoms in total. The minimum Gasteiger partial charge on any atom is -0.352 e. The lowest BCUT2D eigenvalue weighted by Gasteiger charge is -2.12. The zero-order chi connectivity index (χ0) is 13.2. The molecule has 0 saturated heterocycles. The highest BCUT2D eigenvalue weighted by Crippen LogP contribution is 1.98. The quantitative estimate of drug-likeness (QED) is 0.577. The van der Waals surface area contributed by atoms with Crippen molar-refractivity contribution < 1.29 is 9.47 Å². The summed E-state index contributed by atoms with van der Waals surface area (Å²) in [5.74, 6) is 0. The molecular formula is C12H30BrNO2. The maximum absolute atomic E-state index is 5.16. The molecule has 0 aromatic carbocycles. The third kappa shape index (κ3) is 23.9. The average Bonchev–Trinajstić information content (AvgIpc) is 2.33. The molecule has 0 aliphatic carbocycles. The Morgan fingerprint density at radius 3 is 1.44 bits per heavy atom. The molecule has 0 amide bonds. The molecule has 0 saturated carbocycles. The summed E-state index contributed by atoms with van der Waals surface area (Å²) in [6.45, 7) is 15.7. The van der Waals surface area contributed by atoms with Crippen LogP contribution in [0.3, 0.4) is 0 Å². The van der Waals surface area contributed by atoms with E-state index in [1.54, 1.807) is 0 Å². The zero-order valence-electron chi connectivity index (χ0n) is 11.8. The summed E-state index contributed by atoms with van der Waals surface area (Å²) >= 11 is 3.27. The van der Waals surface area contributed by atoms with Crippen molar-refractivity contribution in [2.24, 2.45) is 0 Å². The lowest BCUT2D eigenvalue weighted by atomic mass is 10.7. The second-order valence-corrected chi connectivity index (χ2v) is 3.10. The van der Waals surface area contributed by atoms with Crippen LogP contribution in [0, 0.1) is 0 Å². The van der Waals surface area contributed by atoms with Gasteiger partial charge in [-0.05, 0) is 26.9 Å². The molecule has 0 atom stereocenters. The van der Waals surface area contributed by atoms with Crippen LogP contribution in [0.4, 0.5) is 0 Å². The standard InChI is InChI=1S/C6H13BrO2.C4H11N.C2H6/c1-3-8-6(5-7)9-4-2;1-3-5-4-2;1-2/h6H,3-5H2,1-2H3;5H,3-4H2,1-2H3;1-2H3. The summed E-state index contributed by atoms with van der Waals surface area (Å²) in [6.07, 6.45) is -0.0694. The Balaban J connectivity index is -0.000000205. The van der Waals surface area contributed by atoms with Gasteiger partial charge in [0.25, 0.3) is 0 Å². The first-order valence-corrected chi connectivity index (χ1v) is 7.38. The molecule has 16 heavy (non-hydrogen) atoms. The van der Waals surface area contributed by atoms with Crippen LogP contribution in [0.25, 0.3) is 0 Å². The second kappa shape index (κ2) is 24.5. The van der Waals surface area contributed by atoms with Crippen LogP contribution in [-0.4, -0.2) is 37.9 Å². The summed E-state index contributed by atoms with van der Waals surface area (Å²) in [6, 6.07) is 0. The smallest absolute Gasteiger partial charge is 0.167 e. The fraction of sp³-hybridized carbons (Fsp3) is 1.00. The zero-order valence-corrected chi connectivity index (χ0v) is 13.4. The predicted molar refractivity (Wildman–Crippen MR) is 76.4 cm³/mol. The van der Waals surface area contributed by atoms with Gasteiger partial charge in [-0.1, -0.05) is 43.6 Å². The van der Waals surface area contributed by atoms with E-state index in [9.17, 15) is 0 Å². The van der Waals surface area contributed by atoms with Gasteiger partial charge in [0.05, 0.1) is 5.33 Å². The minimum absolute atomic E-state index is 0.0694. The van der Waals surface area contributed by atoms with Crippen LogP contribution in [0.15, 0.2) is 0 Å². The summed E-state index contributed by atoms with van der Waals surface area (Å²) in [5, 5.41) is 3.86. The third-order valence-corrected chi connectivity index (χ3v) is 1.86. The van der Waals surface area contributed by atoms with E-state index in [0.29, 0.717) is 13.2 Å². The highest BCUT2D eigenvalue weighted by molar-refractivity contribution is 9.09. The summed E-state index contributed by atoms with van der Waals surface area (Å²) in [4.78, 5) is 0. The molecular weight excluding hydrogens is 270 g/mol. The lowest BCUT2D eigenvalue weighted by Crippen LogP contribution is -2.18. The molecule has 102 valence electrons. The van der Waals surface area contributed by atoms with E-state index < -0.39 is 0 Å². The van der Waals surface area contributed by atoms with Crippen LogP contribution < -0.4 is 5.32 Å². The molecule has 0 fully saturated rings. The van der Waals surface area contributed by atoms with Crippen LogP contribution in [0.1, 0.15) is 41.5 Å². The number of nitrogens with one attached hydrogen (secondary N) is 1. The van der Waals surface area contributed by atoms with Crippen molar-refractivity contribution in [1.29, 1.82) is 0 Å². The first kappa shape index (κ1) is 21.6. The highest BCUT2D eigenvalue weighted by Gasteiger charge is 2.02. The monoisotopic (exact) mass is 299 g/mol. The summed E-state index contributed by atoms with van der Waals surface area (Å²) < 4.78 is 10.3. The number of ether oxygens (including phenoxy) is 2. The fourth-order valence-electron chi connectivity index (χ4n) is 0.759. The molecule has 0 unspecified atom stereocenters. The Labute approximate surface area is 110 Å². The van der Waals surface area contributed by atoms with E-state index >= 15 is 0 Å². The van der Waals surface area contributed by atoms with Gasteiger partial charge in [-0.3, -0.25) is 0 Å². The van der Waals surface area contributed by atoms with E-state index in [0.717, 1.165) is 18.4 Å². The topological polar surface area (TPSA) is 30.5 Å². The molecule has 0 bridgehead atoms. The van der Waals surface area contributed by atoms with Gasteiger partial charge < -0.3 is 14.8 Å². The van der Waals surface area contributed by atoms with Crippen LogP contribution >= 0.6 is 15.9 Å². The number of rotatable bonds is 7. The van der Waals surface area contributed by atoms with Crippen molar-refractivity contribution in [3.05, 3.63) is 0 Å². The Kier molecular flexibility index (Phi) is 33.2. The molecule has 1 N–H and O–H groups in total. The van der Waals surface area contributed by atoms with E-state index in [4.69, 9.17) is 9.47 Å². The minimum atomic E-state index is -0.0694. The van der Waals surface area contributed by atoms with Crippen molar-refractivity contribution in [2.75, 3.05) is 31.6 Å². The average molecular weight is 300 g/mol. The van der Waals surface area contributed by atoms with Crippen molar-refractivity contribution in [1.82, 2.24) is 5.32 Å². The first-order valence-electron chi connectivity index (χ1n) is 6.26. The number of alkyl halides is 1. The maximum atomic E-state index is 5.16. The number of hydrogen-bond acceptors (Lipinski definition) is 3. The van der Waals surface area contributed by atoms with Crippen LogP contribution in [-0.2, 0) is 9.47 Å². The molecule has 0 heterocycles. The SMILES string of the molecule is CC.CCNCC.CCOC(CBr)OCC. The second-order valence-electron chi connectivity index (χ2n) is 2.45. The van der Waals surface area contributed by atoms with Crippen molar-refractivity contribution in [3.63, 3.8) is 0 Å². The first-order chi connectivity index (χ1) is 7.76. The molecule has 0 aromatic heterocycles. The van der Waals surface area contributed by atoms with E-state index in [2.05, 4.69) is 35.1 Å². The molecule has 0 aromatic rings. The fourth-order valence-corrected chi connectivity index (χ4v) is 1.13. The molecule has 0 aliphatic heterocycles. The van der Waals surface area contributed by atoms with Crippen molar-refractivity contribution in [2.45, 2.75) is 47.8 Å². The van der Waals surface area contributed by atoms with Crippen molar-refractivity contribution in [3.8, 4) is 0 Å². The molecule has 4 heteroatoms. The van der Waals surface area contributed by atoms with Gasteiger partial charge in [-0.2, -0.15) is 0 Å². The molecule has 0 aliphatic rings. The Morgan fingerprint density at radius 2 is 1.31 bits per heavy atom. The third-order valence-electron chi connectivity index (χ3n) is 1.33. The van der Waals surface area contributed by atoms with Gasteiger partial charge in [0.1, 0.15) is 0 Å². The van der Waals surface area contributed by atoms with Crippen LogP contribution in [0.2, 0.25) is 0 Å². The maximum Gasteiger partial charge on any atom is 0.167 e. The summed E-state index contributed by atoms with van der Waals surface area (Å²) in [7, 11) is 0. The van der Waals surface area contributed by atoms with E-state index in [1.807, 2.05) is 27.7 Å². The normalized spacial score (nSPS) is 9.00. The van der Waals surface area contributed by atoms with Gasteiger partial charge in [0.2, 0.25) is 0 Å². The van der Waals surface area contributed by atoms with Crippen molar-refractivity contribution >= 4 is 15.9 Å². The van der Waals surface area contributed by atoms with Gasteiger partial charge in [-0.15, -0.1) is 0 Å². The van der Waals surface area contributed by atoms with Gasteiger partial charge >= 0.3 is 0 Å². The molecule has 0 rings (SSSR count). The largest absolute Gasteiger partial charge is 0.352 e. The number of halogens is 1. The summed E-state index contributed by atoms with van der Waals surface area (Å²) in [5.41, 5.74) is 0. The molecule has 0 spiro atoms. The lowest BCUT2D eigenvalue weighted by molar-refractivity contribution is -0.119. The van der Waals surface area contributed by atoms with Gasteiger partial charge in [-0.25, -0.2) is 0 Å².